The summed E-state index contributed by atoms with van der Waals surface area (Å²) in [5, 5.41) is 9.20. The Hall–Kier alpha value is -1.52. The van der Waals surface area contributed by atoms with Crippen LogP contribution in [0.4, 0.5) is 5.69 Å². The quantitative estimate of drug-likeness (QED) is 0.643. The third-order valence-corrected chi connectivity index (χ3v) is 2.51. The van der Waals surface area contributed by atoms with Crippen molar-refractivity contribution in [3.05, 3.63) is 11.9 Å². The molecule has 4 N–H and O–H groups in total. The molecule has 5 nitrogen and oxygen atoms in total. The van der Waals surface area contributed by atoms with E-state index in [4.69, 9.17) is 5.73 Å². The molecule has 0 aliphatic rings. The van der Waals surface area contributed by atoms with Crippen LogP contribution in [0.2, 0.25) is 0 Å². The molecule has 1 rings (SSSR count). The molecule has 0 aliphatic carbocycles. The van der Waals surface area contributed by atoms with Crippen LogP contribution in [-0.2, 0) is 0 Å². The lowest BCUT2D eigenvalue weighted by Gasteiger charge is -2.12. The highest BCUT2D eigenvalue weighted by atomic mass is 16.2. The summed E-state index contributed by atoms with van der Waals surface area (Å²) in [6, 6.07) is 0.168. The SMILES string of the molecule is CCCCCC(C)NC(=O)c1[nH]ncc1N. The van der Waals surface area contributed by atoms with Gasteiger partial charge in [0.2, 0.25) is 0 Å². The van der Waals surface area contributed by atoms with Crippen molar-refractivity contribution < 1.29 is 4.79 Å². The second-order valence-electron chi connectivity index (χ2n) is 4.07. The van der Waals surface area contributed by atoms with Gasteiger partial charge in [0.05, 0.1) is 11.9 Å². The molecule has 5 heteroatoms. The molecule has 0 spiro atoms. The first-order chi connectivity index (χ1) is 7.65. The summed E-state index contributed by atoms with van der Waals surface area (Å²) in [7, 11) is 0. The van der Waals surface area contributed by atoms with Crippen molar-refractivity contribution in [3.8, 4) is 0 Å². The number of aromatic amines is 1. The van der Waals surface area contributed by atoms with Crippen molar-refractivity contribution in [2.75, 3.05) is 5.73 Å². The van der Waals surface area contributed by atoms with E-state index in [0.29, 0.717) is 11.4 Å². The van der Waals surface area contributed by atoms with Crippen LogP contribution >= 0.6 is 0 Å². The number of carbonyl (C=O) groups excluding carboxylic acids is 1. The second-order valence-corrected chi connectivity index (χ2v) is 4.07. The number of nitrogens with two attached hydrogens (primary N) is 1. The highest BCUT2D eigenvalue weighted by molar-refractivity contribution is 5.97. The Balaban J connectivity index is 2.37. The molecule has 0 radical (unpaired) electrons. The van der Waals surface area contributed by atoms with Crippen LogP contribution in [0.15, 0.2) is 6.20 Å². The Kier molecular flexibility index (Phi) is 4.82. The number of H-pyrrole nitrogens is 1. The van der Waals surface area contributed by atoms with Gasteiger partial charge in [-0.2, -0.15) is 5.10 Å². The summed E-state index contributed by atoms with van der Waals surface area (Å²) in [4.78, 5) is 11.7. The van der Waals surface area contributed by atoms with Crippen LogP contribution in [0.1, 0.15) is 50.0 Å². The molecule has 0 saturated carbocycles. The average Bonchev–Trinajstić information content (AvgIpc) is 2.65. The molecule has 0 aliphatic heterocycles. The zero-order valence-electron chi connectivity index (χ0n) is 9.92. The van der Waals surface area contributed by atoms with Gasteiger partial charge in [0.25, 0.3) is 5.91 Å². The van der Waals surface area contributed by atoms with Gasteiger partial charge in [0.15, 0.2) is 0 Å². The zero-order valence-corrected chi connectivity index (χ0v) is 9.92. The molecule has 1 aromatic rings. The van der Waals surface area contributed by atoms with Crippen LogP contribution in [0.3, 0.4) is 0 Å². The van der Waals surface area contributed by atoms with Crippen LogP contribution in [0, 0.1) is 0 Å². The first kappa shape index (κ1) is 12.5. The highest BCUT2D eigenvalue weighted by Gasteiger charge is 2.13. The molecular weight excluding hydrogens is 204 g/mol. The van der Waals surface area contributed by atoms with E-state index in [0.717, 1.165) is 12.8 Å². The van der Waals surface area contributed by atoms with Crippen molar-refractivity contribution in [1.82, 2.24) is 15.5 Å². The zero-order chi connectivity index (χ0) is 12.0. The monoisotopic (exact) mass is 224 g/mol. The Labute approximate surface area is 95.8 Å². The van der Waals surface area contributed by atoms with E-state index < -0.39 is 0 Å². The fraction of sp³-hybridized carbons (Fsp3) is 0.636. The fourth-order valence-corrected chi connectivity index (χ4v) is 1.55. The Morgan fingerprint density at radius 1 is 1.62 bits per heavy atom. The van der Waals surface area contributed by atoms with Gasteiger partial charge < -0.3 is 11.1 Å². The maximum absolute atomic E-state index is 11.7. The predicted octanol–water partition coefficient (Wildman–Crippen LogP) is 1.69. The number of anilines is 1. The van der Waals surface area contributed by atoms with Gasteiger partial charge in [-0.25, -0.2) is 0 Å². The highest BCUT2D eigenvalue weighted by Crippen LogP contribution is 2.07. The largest absolute Gasteiger partial charge is 0.396 e. The van der Waals surface area contributed by atoms with Gasteiger partial charge in [-0.15, -0.1) is 0 Å². The molecule has 1 amide bonds. The fourth-order valence-electron chi connectivity index (χ4n) is 1.55. The summed E-state index contributed by atoms with van der Waals surface area (Å²) >= 11 is 0. The Bertz CT molecular complexity index is 334. The van der Waals surface area contributed by atoms with Crippen molar-refractivity contribution in [2.24, 2.45) is 0 Å². The molecule has 0 fully saturated rings. The van der Waals surface area contributed by atoms with Crippen LogP contribution in [0.25, 0.3) is 0 Å². The van der Waals surface area contributed by atoms with Crippen molar-refractivity contribution >= 4 is 11.6 Å². The number of nitrogens with zero attached hydrogens (tertiary/aromatic N) is 1. The van der Waals surface area contributed by atoms with E-state index in [1.54, 1.807) is 0 Å². The molecule has 1 unspecified atom stereocenters. The number of amides is 1. The number of carbonyl (C=O) groups is 1. The van der Waals surface area contributed by atoms with E-state index in [9.17, 15) is 4.79 Å². The number of aromatic nitrogens is 2. The first-order valence-corrected chi connectivity index (χ1v) is 5.74. The minimum absolute atomic E-state index is 0.168. The van der Waals surface area contributed by atoms with Gasteiger partial charge >= 0.3 is 0 Å². The molecule has 0 bridgehead atoms. The van der Waals surface area contributed by atoms with Crippen molar-refractivity contribution in [2.45, 2.75) is 45.6 Å². The number of nitrogens with one attached hydrogen (secondary N) is 2. The van der Waals surface area contributed by atoms with Gasteiger partial charge in [0.1, 0.15) is 5.69 Å². The number of hydrogen-bond donors (Lipinski definition) is 3. The normalized spacial score (nSPS) is 12.4. The Morgan fingerprint density at radius 2 is 2.38 bits per heavy atom. The molecule has 1 atom stereocenters. The first-order valence-electron chi connectivity index (χ1n) is 5.74. The molecule has 16 heavy (non-hydrogen) atoms. The predicted molar refractivity (Wildman–Crippen MR) is 64.1 cm³/mol. The molecule has 1 aromatic heterocycles. The molecular formula is C11H20N4O. The topological polar surface area (TPSA) is 83.8 Å². The van der Waals surface area contributed by atoms with E-state index >= 15 is 0 Å². The van der Waals surface area contributed by atoms with Crippen LogP contribution in [0.5, 0.6) is 0 Å². The van der Waals surface area contributed by atoms with Crippen LogP contribution < -0.4 is 11.1 Å². The van der Waals surface area contributed by atoms with E-state index in [1.165, 1.54) is 19.0 Å². The van der Waals surface area contributed by atoms with Gasteiger partial charge in [-0.1, -0.05) is 26.2 Å². The van der Waals surface area contributed by atoms with E-state index in [2.05, 4.69) is 22.4 Å². The van der Waals surface area contributed by atoms with Crippen molar-refractivity contribution in [3.63, 3.8) is 0 Å². The lowest BCUT2D eigenvalue weighted by Crippen LogP contribution is -2.33. The molecule has 1 heterocycles. The summed E-state index contributed by atoms with van der Waals surface area (Å²) < 4.78 is 0. The summed E-state index contributed by atoms with van der Waals surface area (Å²) in [5.41, 5.74) is 6.32. The minimum Gasteiger partial charge on any atom is -0.396 e. The third kappa shape index (κ3) is 3.56. The van der Waals surface area contributed by atoms with E-state index in [-0.39, 0.29) is 11.9 Å². The number of rotatable bonds is 6. The maximum Gasteiger partial charge on any atom is 0.271 e. The number of unbranched alkanes of at least 4 members (excludes halogenated alkanes) is 2. The smallest absolute Gasteiger partial charge is 0.271 e. The lowest BCUT2D eigenvalue weighted by molar-refractivity contribution is 0.0934. The van der Waals surface area contributed by atoms with Gasteiger partial charge in [-0.05, 0) is 13.3 Å². The minimum atomic E-state index is -0.181. The standard InChI is InChI=1S/C11H20N4O/c1-3-4-5-6-8(2)14-11(16)10-9(12)7-13-15-10/h7-8H,3-6,12H2,1-2H3,(H,13,15)(H,14,16). The molecule has 0 saturated heterocycles. The maximum atomic E-state index is 11.7. The average molecular weight is 224 g/mol. The van der Waals surface area contributed by atoms with E-state index in [1.807, 2.05) is 6.92 Å². The summed E-state index contributed by atoms with van der Waals surface area (Å²) in [5.74, 6) is -0.181. The number of nitrogen functional groups attached to an aromatic ring is 1. The second kappa shape index (κ2) is 6.15. The molecule has 90 valence electrons. The van der Waals surface area contributed by atoms with Crippen LogP contribution in [-0.4, -0.2) is 22.1 Å². The van der Waals surface area contributed by atoms with Crippen molar-refractivity contribution in [1.29, 1.82) is 0 Å². The molecule has 0 aromatic carbocycles. The third-order valence-electron chi connectivity index (χ3n) is 2.51. The Morgan fingerprint density at radius 3 is 2.94 bits per heavy atom. The lowest BCUT2D eigenvalue weighted by atomic mass is 10.1. The summed E-state index contributed by atoms with van der Waals surface area (Å²) in [6.45, 7) is 4.16. The summed E-state index contributed by atoms with van der Waals surface area (Å²) in [6.07, 6.45) is 5.96. The number of hydrogen-bond acceptors (Lipinski definition) is 3. The van der Waals surface area contributed by atoms with Gasteiger partial charge in [0, 0.05) is 6.04 Å². The van der Waals surface area contributed by atoms with Gasteiger partial charge in [-0.3, -0.25) is 9.89 Å².